The van der Waals surface area contributed by atoms with Crippen LogP contribution in [-0.4, -0.2) is 33.9 Å². The number of nitrogens with zero attached hydrogens (tertiary/aromatic N) is 3. The smallest absolute Gasteiger partial charge is 0.340 e. The van der Waals surface area contributed by atoms with E-state index in [-0.39, 0.29) is 11.1 Å². The Kier molecular flexibility index (Phi) is 6.23. The van der Waals surface area contributed by atoms with E-state index in [9.17, 15) is 9.59 Å². The van der Waals surface area contributed by atoms with Crippen LogP contribution in [0, 0.1) is 0 Å². The summed E-state index contributed by atoms with van der Waals surface area (Å²) in [5, 5.41) is 7.07. The molecule has 32 heavy (non-hydrogen) atoms. The maximum Gasteiger partial charge on any atom is 0.340 e. The van der Waals surface area contributed by atoms with Gasteiger partial charge in [0.1, 0.15) is 17.3 Å². The molecule has 0 spiro atoms. The van der Waals surface area contributed by atoms with Gasteiger partial charge in [0.2, 0.25) is 0 Å². The van der Waals surface area contributed by atoms with E-state index in [2.05, 4.69) is 25.6 Å². The highest BCUT2D eigenvalue weighted by Crippen LogP contribution is 2.23. The highest BCUT2D eigenvalue weighted by atomic mass is 35.5. The lowest BCUT2D eigenvalue weighted by atomic mass is 10.1. The van der Waals surface area contributed by atoms with Gasteiger partial charge in [-0.3, -0.25) is 4.79 Å². The molecule has 4 rings (SSSR count). The molecule has 4 aromatic rings. The fraction of sp³-hybridized carbons (Fsp3) is 0.0870. The van der Waals surface area contributed by atoms with Crippen LogP contribution in [0.25, 0.3) is 10.9 Å². The van der Waals surface area contributed by atoms with Crippen molar-refractivity contribution >= 4 is 45.9 Å². The van der Waals surface area contributed by atoms with E-state index in [1.807, 2.05) is 24.3 Å². The average Bonchev–Trinajstić information content (AvgIpc) is 2.82. The number of halogens is 1. The number of benzene rings is 2. The minimum Gasteiger partial charge on any atom is -0.465 e. The molecule has 2 N–H and O–H groups in total. The summed E-state index contributed by atoms with van der Waals surface area (Å²) in [6, 6.07) is 15.8. The summed E-state index contributed by atoms with van der Waals surface area (Å²) < 4.78 is 4.83. The van der Waals surface area contributed by atoms with E-state index in [1.54, 1.807) is 24.3 Å². The molecule has 0 atom stereocenters. The highest BCUT2D eigenvalue weighted by molar-refractivity contribution is 6.29. The van der Waals surface area contributed by atoms with Crippen molar-refractivity contribution in [3.63, 3.8) is 0 Å². The van der Waals surface area contributed by atoms with Crippen LogP contribution in [0.15, 0.2) is 67.1 Å². The molecule has 0 unspecified atom stereocenters. The first kappa shape index (κ1) is 21.2. The van der Waals surface area contributed by atoms with Gasteiger partial charge < -0.3 is 15.4 Å². The molecule has 2 heterocycles. The number of hydrogen-bond donors (Lipinski definition) is 2. The van der Waals surface area contributed by atoms with Crippen LogP contribution >= 0.6 is 11.6 Å². The Morgan fingerprint density at radius 1 is 1.03 bits per heavy atom. The minimum absolute atomic E-state index is 0.253. The van der Waals surface area contributed by atoms with E-state index in [1.165, 1.54) is 25.7 Å². The molecule has 0 saturated heterocycles. The summed E-state index contributed by atoms with van der Waals surface area (Å²) in [5.41, 5.74) is 2.86. The largest absolute Gasteiger partial charge is 0.465 e. The molecular weight excluding hydrogens is 430 g/mol. The number of carbonyl (C=O) groups is 2. The predicted molar refractivity (Wildman–Crippen MR) is 122 cm³/mol. The zero-order chi connectivity index (χ0) is 22.5. The Labute approximate surface area is 188 Å². The lowest BCUT2D eigenvalue weighted by Gasteiger charge is -2.11. The maximum atomic E-state index is 12.4. The molecule has 1 amide bonds. The lowest BCUT2D eigenvalue weighted by Crippen LogP contribution is -2.12. The van der Waals surface area contributed by atoms with E-state index in [4.69, 9.17) is 16.3 Å². The minimum atomic E-state index is -0.459. The summed E-state index contributed by atoms with van der Waals surface area (Å²) in [6.45, 7) is 0.444. The number of carbonyl (C=O) groups excluding carboxylic acids is 2. The van der Waals surface area contributed by atoms with Gasteiger partial charge in [0, 0.05) is 29.4 Å². The summed E-state index contributed by atoms with van der Waals surface area (Å²) in [5.74, 6) is -0.155. The van der Waals surface area contributed by atoms with Crippen molar-refractivity contribution in [2.45, 2.75) is 6.54 Å². The van der Waals surface area contributed by atoms with Crippen molar-refractivity contribution in [2.75, 3.05) is 17.7 Å². The molecule has 0 radical (unpaired) electrons. The quantitative estimate of drug-likeness (QED) is 0.334. The fourth-order valence-corrected chi connectivity index (χ4v) is 3.37. The summed E-state index contributed by atoms with van der Waals surface area (Å²) in [6.07, 6.45) is 2.88. The Hall–Kier alpha value is -4.04. The van der Waals surface area contributed by atoms with Crippen LogP contribution in [0.4, 0.5) is 11.5 Å². The third-order valence-electron chi connectivity index (χ3n) is 4.70. The molecule has 0 bridgehead atoms. The van der Waals surface area contributed by atoms with Gasteiger partial charge in [-0.05, 0) is 42.0 Å². The van der Waals surface area contributed by atoms with Crippen LogP contribution in [0.5, 0.6) is 0 Å². The number of para-hydroxylation sites is 1. The van der Waals surface area contributed by atoms with E-state index in [0.717, 1.165) is 5.56 Å². The summed E-state index contributed by atoms with van der Waals surface area (Å²) >= 11 is 5.86. The summed E-state index contributed by atoms with van der Waals surface area (Å²) in [4.78, 5) is 36.9. The number of fused-ring (bicyclic) bond motifs is 1. The Morgan fingerprint density at radius 3 is 2.69 bits per heavy atom. The van der Waals surface area contributed by atoms with E-state index < -0.39 is 5.97 Å². The average molecular weight is 448 g/mol. The van der Waals surface area contributed by atoms with Gasteiger partial charge in [0.05, 0.1) is 18.2 Å². The number of rotatable bonds is 6. The van der Waals surface area contributed by atoms with Gasteiger partial charge in [-0.1, -0.05) is 29.8 Å². The van der Waals surface area contributed by atoms with Crippen molar-refractivity contribution in [1.82, 2.24) is 15.0 Å². The molecule has 0 aliphatic heterocycles. The number of hydrogen-bond acceptors (Lipinski definition) is 7. The second kappa shape index (κ2) is 9.40. The number of methoxy groups -OCH3 is 1. The monoisotopic (exact) mass is 447 g/mol. The standard InChI is InChI=1S/C23H18ClN5O3/c1-32-23(31)18-7-3-6-17-20(18)27-13-28-21(17)26-12-14-4-2-5-16(10-14)29-22(30)15-8-9-25-19(24)11-15/h2-11,13H,12H2,1H3,(H,29,30)(H,26,27,28). The molecule has 2 aromatic carbocycles. The molecular formula is C23H18ClN5O3. The highest BCUT2D eigenvalue weighted by Gasteiger charge is 2.14. The van der Waals surface area contributed by atoms with Gasteiger partial charge in [-0.15, -0.1) is 0 Å². The third kappa shape index (κ3) is 4.65. The molecule has 0 aliphatic rings. The Balaban J connectivity index is 1.51. The van der Waals surface area contributed by atoms with Crippen molar-refractivity contribution < 1.29 is 14.3 Å². The van der Waals surface area contributed by atoms with E-state index >= 15 is 0 Å². The van der Waals surface area contributed by atoms with Crippen molar-refractivity contribution in [3.05, 3.63) is 89.0 Å². The Morgan fingerprint density at radius 2 is 1.88 bits per heavy atom. The normalized spacial score (nSPS) is 10.6. The van der Waals surface area contributed by atoms with Gasteiger partial charge in [-0.2, -0.15) is 0 Å². The molecule has 2 aromatic heterocycles. The molecule has 9 heteroatoms. The van der Waals surface area contributed by atoms with Gasteiger partial charge in [0.15, 0.2) is 0 Å². The predicted octanol–water partition coefficient (Wildman–Crippen LogP) is 4.33. The van der Waals surface area contributed by atoms with Crippen LogP contribution in [0.3, 0.4) is 0 Å². The molecule has 8 nitrogen and oxygen atoms in total. The van der Waals surface area contributed by atoms with Crippen LogP contribution in [0.1, 0.15) is 26.3 Å². The first-order valence-electron chi connectivity index (χ1n) is 9.63. The molecule has 0 fully saturated rings. The zero-order valence-electron chi connectivity index (χ0n) is 17.0. The van der Waals surface area contributed by atoms with Crippen LogP contribution < -0.4 is 10.6 Å². The SMILES string of the molecule is COC(=O)c1cccc2c(NCc3cccc(NC(=O)c4ccnc(Cl)c4)c3)ncnc12. The second-order valence-electron chi connectivity index (χ2n) is 6.79. The topological polar surface area (TPSA) is 106 Å². The van der Waals surface area contributed by atoms with Gasteiger partial charge >= 0.3 is 5.97 Å². The number of pyridine rings is 1. The first-order valence-corrected chi connectivity index (χ1v) is 10.0. The zero-order valence-corrected chi connectivity index (χ0v) is 17.8. The van der Waals surface area contributed by atoms with Crippen molar-refractivity contribution in [2.24, 2.45) is 0 Å². The third-order valence-corrected chi connectivity index (χ3v) is 4.91. The molecule has 160 valence electrons. The fourth-order valence-electron chi connectivity index (χ4n) is 3.19. The maximum absolute atomic E-state index is 12.4. The van der Waals surface area contributed by atoms with Crippen molar-refractivity contribution in [1.29, 1.82) is 0 Å². The van der Waals surface area contributed by atoms with Gasteiger partial charge in [0.25, 0.3) is 5.91 Å². The van der Waals surface area contributed by atoms with Crippen LogP contribution in [-0.2, 0) is 11.3 Å². The molecule has 0 saturated carbocycles. The number of ether oxygens (including phenoxy) is 1. The number of amides is 1. The number of aromatic nitrogens is 3. The molecule has 0 aliphatic carbocycles. The Bertz CT molecular complexity index is 1310. The second-order valence-corrected chi connectivity index (χ2v) is 7.18. The number of nitrogens with one attached hydrogen (secondary N) is 2. The first-order chi connectivity index (χ1) is 15.5. The van der Waals surface area contributed by atoms with Gasteiger partial charge in [-0.25, -0.2) is 19.7 Å². The number of anilines is 2. The van der Waals surface area contributed by atoms with E-state index in [0.29, 0.717) is 40.1 Å². The summed E-state index contributed by atoms with van der Waals surface area (Å²) in [7, 11) is 1.33. The van der Waals surface area contributed by atoms with Crippen LogP contribution in [0.2, 0.25) is 5.15 Å². The lowest BCUT2D eigenvalue weighted by molar-refractivity contribution is 0.0602. The van der Waals surface area contributed by atoms with Crippen molar-refractivity contribution in [3.8, 4) is 0 Å². The number of esters is 1.